The van der Waals surface area contributed by atoms with Gasteiger partial charge in [0.2, 0.25) is 35.7 Å². The monoisotopic (exact) mass is 1680 g/mol. The van der Waals surface area contributed by atoms with Crippen molar-refractivity contribution in [1.82, 2.24) is 69.8 Å². The molecule has 10 aliphatic heterocycles. The number of aromatic nitrogens is 14. The van der Waals surface area contributed by atoms with Crippen molar-refractivity contribution >= 4 is 70.6 Å². The molecule has 0 radical (unpaired) electrons. The van der Waals surface area contributed by atoms with E-state index in [0.717, 1.165) is 25.7 Å². The smallest absolute Gasteiger partial charge is 0.281 e. The molecular formula is C78H98F8N26O8. The summed E-state index contributed by atoms with van der Waals surface area (Å²) in [6.07, 6.45) is -1.63. The predicted molar refractivity (Wildman–Crippen MR) is 431 cm³/mol. The number of nitrogens with two attached hydrogens (primary N) is 4. The number of alkyl halides is 8. The van der Waals surface area contributed by atoms with Crippen LogP contribution < -0.4 is 62.1 Å². The van der Waals surface area contributed by atoms with E-state index in [-0.39, 0.29) is 105 Å². The second-order valence-electron chi connectivity index (χ2n) is 30.6. The highest BCUT2D eigenvalue weighted by Crippen LogP contribution is 2.42. The Labute approximate surface area is 687 Å². The van der Waals surface area contributed by atoms with Gasteiger partial charge in [0.1, 0.15) is 46.3 Å². The Morgan fingerprint density at radius 1 is 0.308 bits per heavy atom. The number of fused-ring (bicyclic) bond motifs is 4. The number of anilines is 12. The Morgan fingerprint density at radius 3 is 0.942 bits per heavy atom. The zero-order valence-electron chi connectivity index (χ0n) is 66.9. The molecule has 10 saturated heterocycles. The van der Waals surface area contributed by atoms with Crippen LogP contribution in [0.3, 0.4) is 0 Å². The lowest BCUT2D eigenvalue weighted by Crippen LogP contribution is -2.47. The van der Waals surface area contributed by atoms with Crippen LogP contribution in [0, 0.1) is 0 Å². The predicted octanol–water partition coefficient (Wildman–Crippen LogP) is 8.33. The summed E-state index contributed by atoms with van der Waals surface area (Å²) in [5.41, 5.74) is 23.5. The summed E-state index contributed by atoms with van der Waals surface area (Å²) in [5.74, 6) is 4.49. The Morgan fingerprint density at radius 2 is 0.608 bits per heavy atom. The van der Waals surface area contributed by atoms with Crippen molar-refractivity contribution in [1.29, 1.82) is 0 Å². The highest BCUT2D eigenvalue weighted by molar-refractivity contribution is 5.73. The average molecular weight is 1680 g/mol. The number of nitrogens with zero attached hydrogens (tertiary/aromatic N) is 22. The summed E-state index contributed by atoms with van der Waals surface area (Å²) in [6.45, 7) is 22.8. The average Bonchev–Trinajstić information content (AvgIpc) is 1.45. The Balaban J connectivity index is 0.000000125. The van der Waals surface area contributed by atoms with E-state index < -0.39 is 37.1 Å². The van der Waals surface area contributed by atoms with Gasteiger partial charge in [-0.3, -0.25) is 0 Å². The summed E-state index contributed by atoms with van der Waals surface area (Å²) in [4.78, 5) is 78.2. The van der Waals surface area contributed by atoms with E-state index in [2.05, 4.69) is 74.3 Å². The van der Waals surface area contributed by atoms with E-state index in [1.807, 2.05) is 37.5 Å². The third kappa shape index (κ3) is 19.3. The number of hydrogen-bond donors (Lipinski definition) is 4. The molecule has 4 unspecified atom stereocenters. The molecule has 8 aromatic heterocycles. The molecule has 4 bridgehead atoms. The summed E-state index contributed by atoms with van der Waals surface area (Å²) in [5, 5.41) is 0. The molecule has 0 aliphatic carbocycles. The molecule has 34 nitrogen and oxygen atoms in total. The highest BCUT2D eigenvalue weighted by Gasteiger charge is 2.42. The summed E-state index contributed by atoms with van der Waals surface area (Å²) in [7, 11) is 0. The van der Waals surface area contributed by atoms with Gasteiger partial charge in [0.25, 0.3) is 25.7 Å². The fraction of sp³-hybridized carbons (Fsp3) is 0.564. The molecule has 0 spiro atoms. The molecule has 18 rings (SSSR count). The minimum absolute atomic E-state index is 0.0483. The molecule has 18 heterocycles. The Kier molecular flexibility index (Phi) is 26.8. The van der Waals surface area contributed by atoms with Gasteiger partial charge in [-0.25, -0.2) is 85.0 Å². The lowest BCUT2D eigenvalue weighted by Gasteiger charge is -2.37. The van der Waals surface area contributed by atoms with Crippen LogP contribution in [-0.2, 0) is 37.9 Å². The minimum atomic E-state index is -2.81. The second-order valence-corrected chi connectivity index (χ2v) is 30.6. The quantitative estimate of drug-likeness (QED) is 0.0660. The van der Waals surface area contributed by atoms with Crippen LogP contribution in [-0.4, -0.2) is 276 Å². The first kappa shape index (κ1) is 84.5. The molecule has 8 aromatic rings. The van der Waals surface area contributed by atoms with Gasteiger partial charge in [0, 0.05) is 135 Å². The Bertz CT molecular complexity index is 4310. The first-order valence-corrected chi connectivity index (χ1v) is 40.3. The second kappa shape index (κ2) is 38.1. The molecule has 0 amide bonds. The summed E-state index contributed by atoms with van der Waals surface area (Å²) >= 11 is 0. The summed E-state index contributed by atoms with van der Waals surface area (Å²) < 4.78 is 154. The SMILES string of the molecule is C[C@H]1COCCN1c1cc(-c2cnc(N)cc2C(F)F)nc(N2CCOC[C@@H]2C)n1.C[C@H]1COCCN1c1cc(-c2cnc(N)nc2C(F)F)nc(N2CCOC[C@@H]2C)n1.Nc1cc(C(F)F)c(-c2cc(N3CCOCC3)nc(N3C4CCC3COC4)n2)cn1.Nc1ncc(-c2cc(N3CCOCC3)nc(N3C4CCC3COC4)n2)c(C(F)F)n1. The fourth-order valence-electron chi connectivity index (χ4n) is 16.3. The number of ether oxygens (including phenoxy) is 8. The molecule has 10 aliphatic rings. The molecule has 0 saturated carbocycles. The normalized spacial score (nSPS) is 23.3. The Hall–Kier alpha value is -10.5. The van der Waals surface area contributed by atoms with Crippen molar-refractivity contribution in [3.8, 4) is 45.0 Å². The van der Waals surface area contributed by atoms with Crippen molar-refractivity contribution in [3.63, 3.8) is 0 Å². The minimum Gasteiger partial charge on any atom is -0.384 e. The maximum atomic E-state index is 13.8. The van der Waals surface area contributed by atoms with Crippen molar-refractivity contribution in [2.75, 3.05) is 220 Å². The topological polar surface area (TPSA) is 384 Å². The van der Waals surface area contributed by atoms with Crippen molar-refractivity contribution in [2.45, 2.75) is 127 Å². The van der Waals surface area contributed by atoms with E-state index in [1.54, 1.807) is 24.3 Å². The van der Waals surface area contributed by atoms with Crippen LogP contribution in [0.25, 0.3) is 45.0 Å². The summed E-state index contributed by atoms with van der Waals surface area (Å²) in [6, 6.07) is 10.5. The van der Waals surface area contributed by atoms with Gasteiger partial charge >= 0.3 is 0 Å². The molecule has 120 heavy (non-hydrogen) atoms. The highest BCUT2D eigenvalue weighted by atomic mass is 19.3. The number of nitrogen functional groups attached to an aromatic ring is 4. The molecule has 644 valence electrons. The van der Waals surface area contributed by atoms with Gasteiger partial charge in [0.05, 0.1) is 177 Å². The maximum Gasteiger partial charge on any atom is 0.281 e. The number of rotatable bonds is 16. The van der Waals surface area contributed by atoms with Crippen LogP contribution in [0.1, 0.15) is 102 Å². The van der Waals surface area contributed by atoms with Crippen molar-refractivity contribution in [3.05, 3.63) is 83.7 Å². The van der Waals surface area contributed by atoms with Crippen molar-refractivity contribution < 1.29 is 73.0 Å². The molecule has 0 aromatic carbocycles. The standard InChI is InChI=1S/C20H24F2N6O2.C20H26F2N6O2.C19H23F2N7O2.C19H25F2N7O2/c21-19(22)14-7-17(23)24-9-15(14)16-8-18(27-3-5-29-6-4-27)26-20(25-16)28-12-1-2-13(28)11-30-10-12;1-12-10-29-5-3-27(12)18-8-16(15-9-24-17(23)7-14(15)19(21)22)25-20(26-18)28-4-6-30-11-13(28)2;20-17(21)16-13(8-23-18(22)26-16)14-7-15(27-3-5-29-6-4-27)25-19(24-14)28-11-1-2-12(28)10-30-9-11;1-11-9-29-5-3-27(11)15-7-14(13-8-23-18(22)26-16(13)17(20)21)24-19(25-15)28-4-6-30-10-12(28)2/h7-9,12-13,19H,1-6,10-11H2,(H2,23,24);7-9,12-13,19H,3-6,10-11H2,1-2H3,(H2,23,24);7-8,11-12,17H,1-6,9-10H2,(H2,22,23,26);7-8,11-12,17H,3-6,9-10H2,1-2H3,(H2,22,23,26)/t;12-,13-;;11-,12-/m.0.0/s1. The molecule has 10 fully saturated rings. The number of pyridine rings is 2. The molecule has 42 heteroatoms. The van der Waals surface area contributed by atoms with E-state index >= 15 is 0 Å². The third-order valence-corrected chi connectivity index (χ3v) is 22.6. The largest absolute Gasteiger partial charge is 0.384 e. The molecule has 8 atom stereocenters. The number of halogens is 8. The van der Waals surface area contributed by atoms with Gasteiger partial charge in [0.15, 0.2) is 0 Å². The molecular weight excluding hydrogens is 1580 g/mol. The van der Waals surface area contributed by atoms with Gasteiger partial charge in [-0.05, 0) is 65.5 Å². The van der Waals surface area contributed by atoms with Gasteiger partial charge < -0.3 is 100 Å². The lowest BCUT2D eigenvalue weighted by molar-refractivity contribution is 0.0897. The third-order valence-electron chi connectivity index (χ3n) is 22.6. The molecule has 8 N–H and O–H groups in total. The van der Waals surface area contributed by atoms with Crippen LogP contribution in [0.2, 0.25) is 0 Å². The number of morpholine rings is 8. The zero-order chi connectivity index (χ0) is 83.8. The first-order valence-electron chi connectivity index (χ1n) is 40.3. The van der Waals surface area contributed by atoms with E-state index in [4.69, 9.17) is 85.7 Å². The number of hydrogen-bond acceptors (Lipinski definition) is 34. The maximum absolute atomic E-state index is 13.8. The van der Waals surface area contributed by atoms with Crippen LogP contribution in [0.5, 0.6) is 0 Å². The fourth-order valence-corrected chi connectivity index (χ4v) is 16.3. The lowest BCUT2D eigenvalue weighted by atomic mass is 10.1. The zero-order valence-corrected chi connectivity index (χ0v) is 66.9. The first-order chi connectivity index (χ1) is 58.1. The van der Waals surface area contributed by atoms with E-state index in [9.17, 15) is 35.1 Å². The van der Waals surface area contributed by atoms with Crippen LogP contribution in [0.15, 0.2) is 61.2 Å². The van der Waals surface area contributed by atoms with Gasteiger partial charge in [-0.1, -0.05) is 0 Å². The van der Waals surface area contributed by atoms with Crippen molar-refractivity contribution in [2.24, 2.45) is 0 Å². The van der Waals surface area contributed by atoms with E-state index in [1.165, 1.54) is 36.9 Å². The van der Waals surface area contributed by atoms with Crippen LogP contribution in [0.4, 0.5) is 106 Å². The van der Waals surface area contributed by atoms with E-state index in [0.29, 0.717) is 228 Å². The van der Waals surface area contributed by atoms with Crippen LogP contribution >= 0.6 is 0 Å². The van der Waals surface area contributed by atoms with Gasteiger partial charge in [-0.2, -0.15) is 19.9 Å². The van der Waals surface area contributed by atoms with Gasteiger partial charge in [-0.15, -0.1) is 0 Å².